The molecule has 2 unspecified atom stereocenters. The Morgan fingerprint density at radius 2 is 2.29 bits per heavy atom. The molecule has 1 aliphatic rings. The summed E-state index contributed by atoms with van der Waals surface area (Å²) in [4.78, 5) is 11.8. The van der Waals surface area contributed by atoms with Crippen LogP contribution in [0, 0.1) is 5.92 Å². The summed E-state index contributed by atoms with van der Waals surface area (Å²) in [7, 11) is 0. The Kier molecular flexibility index (Phi) is 5.40. The lowest BCUT2D eigenvalue weighted by atomic mass is 10.0. The topological polar surface area (TPSA) is 50.4 Å². The number of ether oxygens (including phenoxy) is 1. The number of carbonyl (C=O) groups is 1. The van der Waals surface area contributed by atoms with E-state index in [1.807, 2.05) is 20.8 Å². The highest BCUT2D eigenvalue weighted by atomic mass is 16.5. The molecule has 1 aliphatic heterocycles. The number of hydrogen-bond acceptors (Lipinski definition) is 3. The summed E-state index contributed by atoms with van der Waals surface area (Å²) in [6, 6.07) is 0. The minimum Gasteiger partial charge on any atom is -0.357 e. The van der Waals surface area contributed by atoms with Crippen LogP contribution in [0.15, 0.2) is 0 Å². The molecule has 17 heavy (non-hydrogen) atoms. The molecule has 0 radical (unpaired) electrons. The number of rotatable bonds is 6. The van der Waals surface area contributed by atoms with E-state index < -0.39 is 0 Å². The molecular weight excluding hydrogens is 216 g/mol. The van der Waals surface area contributed by atoms with Crippen LogP contribution in [-0.4, -0.2) is 30.8 Å². The fourth-order valence-corrected chi connectivity index (χ4v) is 2.06. The van der Waals surface area contributed by atoms with Crippen molar-refractivity contribution >= 4 is 5.91 Å². The van der Waals surface area contributed by atoms with Crippen molar-refractivity contribution in [3.05, 3.63) is 0 Å². The van der Waals surface area contributed by atoms with Gasteiger partial charge in [-0.25, -0.2) is 0 Å². The molecule has 4 heteroatoms. The maximum atomic E-state index is 11.8. The largest absolute Gasteiger partial charge is 0.357 e. The average molecular weight is 242 g/mol. The minimum absolute atomic E-state index is 0.0209. The average Bonchev–Trinajstić information content (AvgIpc) is 2.58. The zero-order valence-corrected chi connectivity index (χ0v) is 11.5. The van der Waals surface area contributed by atoms with Crippen LogP contribution in [0.2, 0.25) is 0 Å². The van der Waals surface area contributed by atoms with E-state index in [4.69, 9.17) is 4.74 Å². The molecule has 1 heterocycles. The molecular formula is C13H26N2O2. The summed E-state index contributed by atoms with van der Waals surface area (Å²) in [5.74, 6) is 0.166. The van der Waals surface area contributed by atoms with Crippen LogP contribution in [0.3, 0.4) is 0 Å². The molecule has 1 fully saturated rings. The Bertz CT molecular complexity index is 254. The first-order chi connectivity index (χ1) is 7.94. The zero-order valence-electron chi connectivity index (χ0n) is 11.5. The second-order valence-corrected chi connectivity index (χ2v) is 5.41. The molecule has 1 amide bonds. The van der Waals surface area contributed by atoms with E-state index in [-0.39, 0.29) is 23.7 Å². The molecule has 0 aliphatic carbocycles. The Morgan fingerprint density at radius 1 is 1.59 bits per heavy atom. The molecule has 0 spiro atoms. The van der Waals surface area contributed by atoms with E-state index in [1.165, 1.54) is 0 Å². The van der Waals surface area contributed by atoms with E-state index >= 15 is 0 Å². The molecule has 100 valence electrons. The van der Waals surface area contributed by atoms with Crippen molar-refractivity contribution in [2.45, 2.75) is 58.8 Å². The molecule has 1 saturated heterocycles. The molecule has 0 aromatic carbocycles. The monoisotopic (exact) mass is 242 g/mol. The van der Waals surface area contributed by atoms with E-state index in [0.29, 0.717) is 0 Å². The maximum absolute atomic E-state index is 11.8. The quantitative estimate of drug-likeness (QED) is 0.696. The minimum atomic E-state index is -0.247. The van der Waals surface area contributed by atoms with Gasteiger partial charge in [-0.1, -0.05) is 20.3 Å². The predicted molar refractivity (Wildman–Crippen MR) is 68.7 cm³/mol. The van der Waals surface area contributed by atoms with Crippen LogP contribution >= 0.6 is 0 Å². The van der Waals surface area contributed by atoms with Crippen LogP contribution in [0.4, 0.5) is 0 Å². The number of amides is 1. The normalized spacial score (nSPS) is 24.6. The van der Waals surface area contributed by atoms with Crippen LogP contribution in [0.1, 0.15) is 47.0 Å². The first kappa shape index (κ1) is 14.5. The summed E-state index contributed by atoms with van der Waals surface area (Å²) >= 11 is 0. The molecule has 0 aromatic rings. The fraction of sp³-hybridized carbons (Fsp3) is 0.923. The molecule has 1 rings (SSSR count). The van der Waals surface area contributed by atoms with Crippen molar-refractivity contribution in [1.29, 1.82) is 0 Å². The first-order valence-electron chi connectivity index (χ1n) is 6.65. The first-order valence-corrected chi connectivity index (χ1v) is 6.65. The summed E-state index contributed by atoms with van der Waals surface area (Å²) in [6.07, 6.45) is 3.09. The van der Waals surface area contributed by atoms with E-state index in [1.54, 1.807) is 0 Å². The summed E-state index contributed by atoms with van der Waals surface area (Å²) in [6.45, 7) is 9.73. The van der Waals surface area contributed by atoms with Crippen molar-refractivity contribution in [3.8, 4) is 0 Å². The molecule has 4 nitrogen and oxygen atoms in total. The Morgan fingerprint density at radius 3 is 2.82 bits per heavy atom. The van der Waals surface area contributed by atoms with Crippen molar-refractivity contribution in [2.75, 3.05) is 13.1 Å². The van der Waals surface area contributed by atoms with Gasteiger partial charge in [0.15, 0.2) is 0 Å². The summed E-state index contributed by atoms with van der Waals surface area (Å²) in [5.41, 5.74) is -0.247. The highest BCUT2D eigenvalue weighted by Crippen LogP contribution is 2.20. The number of hydrogen-bond donors (Lipinski definition) is 2. The van der Waals surface area contributed by atoms with Crippen molar-refractivity contribution < 1.29 is 9.53 Å². The molecule has 0 bridgehead atoms. The van der Waals surface area contributed by atoms with Gasteiger partial charge in [-0.3, -0.25) is 10.1 Å². The zero-order chi connectivity index (χ0) is 12.9. The molecule has 2 atom stereocenters. The molecule has 2 N–H and O–H groups in total. The third-order valence-corrected chi connectivity index (χ3v) is 3.11. The van der Waals surface area contributed by atoms with Gasteiger partial charge in [0, 0.05) is 19.0 Å². The van der Waals surface area contributed by atoms with Crippen molar-refractivity contribution in [3.63, 3.8) is 0 Å². The summed E-state index contributed by atoms with van der Waals surface area (Å²) in [5, 5.41) is 6.25. The van der Waals surface area contributed by atoms with Gasteiger partial charge in [0.05, 0.1) is 6.10 Å². The van der Waals surface area contributed by atoms with Gasteiger partial charge in [0.25, 0.3) is 0 Å². The van der Waals surface area contributed by atoms with Gasteiger partial charge in [-0.05, 0) is 26.7 Å². The van der Waals surface area contributed by atoms with Gasteiger partial charge < -0.3 is 10.1 Å². The van der Waals surface area contributed by atoms with Crippen molar-refractivity contribution in [2.24, 2.45) is 5.92 Å². The van der Waals surface area contributed by atoms with Gasteiger partial charge in [0.2, 0.25) is 5.91 Å². The van der Waals surface area contributed by atoms with E-state index in [2.05, 4.69) is 17.6 Å². The fourth-order valence-electron chi connectivity index (χ4n) is 2.06. The number of nitrogens with one attached hydrogen (secondary N) is 2. The van der Waals surface area contributed by atoms with Gasteiger partial charge in [-0.15, -0.1) is 0 Å². The Hall–Kier alpha value is -0.610. The highest BCUT2D eigenvalue weighted by Gasteiger charge is 2.32. The molecule has 0 aromatic heterocycles. The van der Waals surface area contributed by atoms with E-state index in [9.17, 15) is 4.79 Å². The SMILES string of the molecule is CCCCNC(=O)C(C)CC1CNC(C)(C)O1. The second-order valence-electron chi connectivity index (χ2n) is 5.41. The Labute approximate surface area is 104 Å². The van der Waals surface area contributed by atoms with Gasteiger partial charge in [-0.2, -0.15) is 0 Å². The second kappa shape index (κ2) is 6.36. The smallest absolute Gasteiger partial charge is 0.222 e. The van der Waals surface area contributed by atoms with Gasteiger partial charge >= 0.3 is 0 Å². The van der Waals surface area contributed by atoms with Gasteiger partial charge in [0.1, 0.15) is 5.72 Å². The predicted octanol–water partition coefficient (Wildman–Crippen LogP) is 1.65. The lowest BCUT2D eigenvalue weighted by Gasteiger charge is -2.20. The highest BCUT2D eigenvalue weighted by molar-refractivity contribution is 5.78. The number of carbonyl (C=O) groups excluding carboxylic acids is 1. The maximum Gasteiger partial charge on any atom is 0.222 e. The third kappa shape index (κ3) is 5.04. The van der Waals surface area contributed by atoms with Crippen LogP contribution < -0.4 is 10.6 Å². The standard InChI is InChI=1S/C13H26N2O2/c1-5-6-7-14-12(16)10(2)8-11-9-15-13(3,4)17-11/h10-11,15H,5-9H2,1-4H3,(H,14,16). The van der Waals surface area contributed by atoms with Crippen LogP contribution in [0.25, 0.3) is 0 Å². The third-order valence-electron chi connectivity index (χ3n) is 3.11. The lowest BCUT2D eigenvalue weighted by molar-refractivity contribution is -0.126. The number of unbranched alkanes of at least 4 members (excludes halogenated alkanes) is 1. The lowest BCUT2D eigenvalue weighted by Crippen LogP contribution is -2.33. The van der Waals surface area contributed by atoms with Crippen LogP contribution in [0.5, 0.6) is 0 Å². The summed E-state index contributed by atoms with van der Waals surface area (Å²) < 4.78 is 5.80. The van der Waals surface area contributed by atoms with E-state index in [0.717, 1.165) is 32.4 Å². The molecule has 0 saturated carbocycles. The van der Waals surface area contributed by atoms with Crippen molar-refractivity contribution in [1.82, 2.24) is 10.6 Å². The van der Waals surface area contributed by atoms with Crippen LogP contribution in [-0.2, 0) is 9.53 Å². The Balaban J connectivity index is 2.24.